The lowest BCUT2D eigenvalue weighted by molar-refractivity contribution is 0.280. The third kappa shape index (κ3) is 3.50. The molecule has 6 nitrogen and oxygen atoms in total. The van der Waals surface area contributed by atoms with Crippen LogP contribution >= 0.6 is 0 Å². The molecule has 0 fully saturated rings. The van der Waals surface area contributed by atoms with Crippen molar-refractivity contribution >= 4 is 5.69 Å². The van der Waals surface area contributed by atoms with E-state index in [4.69, 9.17) is 4.74 Å². The summed E-state index contributed by atoms with van der Waals surface area (Å²) in [5.41, 5.74) is 3.92. The summed E-state index contributed by atoms with van der Waals surface area (Å²) in [6.07, 6.45) is 4.93. The first kappa shape index (κ1) is 19.2. The Labute approximate surface area is 177 Å². The second kappa shape index (κ2) is 7.79. The second-order valence-corrected chi connectivity index (χ2v) is 7.18. The van der Waals surface area contributed by atoms with Crippen molar-refractivity contribution in [2.75, 3.05) is 11.9 Å². The molecule has 0 amide bonds. The van der Waals surface area contributed by atoms with Crippen molar-refractivity contribution < 1.29 is 13.5 Å². The number of nitrogens with one attached hydrogen (secondary N) is 1. The number of hydrogen-bond acceptors (Lipinski definition) is 5. The third-order valence-corrected chi connectivity index (χ3v) is 5.27. The molecular formula is C23H19F2N5O. The molecule has 1 atom stereocenters. The summed E-state index contributed by atoms with van der Waals surface area (Å²) in [5, 5.41) is 7.82. The van der Waals surface area contributed by atoms with Crippen molar-refractivity contribution in [3.63, 3.8) is 0 Å². The molecule has 156 valence electrons. The van der Waals surface area contributed by atoms with Crippen LogP contribution < -0.4 is 10.1 Å². The van der Waals surface area contributed by atoms with Gasteiger partial charge in [0.2, 0.25) is 0 Å². The van der Waals surface area contributed by atoms with E-state index in [9.17, 15) is 8.78 Å². The van der Waals surface area contributed by atoms with E-state index in [0.717, 1.165) is 17.0 Å². The zero-order valence-electron chi connectivity index (χ0n) is 16.7. The molecule has 31 heavy (non-hydrogen) atoms. The normalized spacial score (nSPS) is 15.1. The van der Waals surface area contributed by atoms with Crippen LogP contribution in [0.5, 0.6) is 5.75 Å². The second-order valence-electron chi connectivity index (χ2n) is 7.18. The van der Waals surface area contributed by atoms with E-state index in [2.05, 4.69) is 20.4 Å². The molecule has 2 aromatic carbocycles. The summed E-state index contributed by atoms with van der Waals surface area (Å²) in [6.45, 7) is 2.81. The van der Waals surface area contributed by atoms with Crippen LogP contribution in [0.4, 0.5) is 14.5 Å². The molecule has 0 saturated carbocycles. The van der Waals surface area contributed by atoms with Gasteiger partial charge in [0.1, 0.15) is 35.4 Å². The molecular weight excluding hydrogens is 400 g/mol. The predicted molar refractivity (Wildman–Crippen MR) is 113 cm³/mol. The van der Waals surface area contributed by atoms with E-state index in [0.29, 0.717) is 23.7 Å². The number of aromatic nitrogens is 4. The fourth-order valence-electron chi connectivity index (χ4n) is 3.77. The van der Waals surface area contributed by atoms with Crippen molar-refractivity contribution in [1.82, 2.24) is 19.7 Å². The van der Waals surface area contributed by atoms with Gasteiger partial charge >= 0.3 is 0 Å². The number of aryl methyl sites for hydroxylation is 1. The number of halogens is 2. The van der Waals surface area contributed by atoms with Crippen LogP contribution in [0.15, 0.2) is 61.1 Å². The SMILES string of the molecule is CCn1nc(-c2cnccn2)cc1-c1ccc2c(c1)OCC(c1c(F)cccc1F)N2. The van der Waals surface area contributed by atoms with Gasteiger partial charge in [-0.25, -0.2) is 8.78 Å². The van der Waals surface area contributed by atoms with Gasteiger partial charge in [-0.1, -0.05) is 12.1 Å². The van der Waals surface area contributed by atoms with Crippen molar-refractivity contribution in [2.45, 2.75) is 19.5 Å². The van der Waals surface area contributed by atoms with Gasteiger partial charge in [-0.3, -0.25) is 14.6 Å². The van der Waals surface area contributed by atoms with Crippen LogP contribution in [0.1, 0.15) is 18.5 Å². The minimum atomic E-state index is -0.607. The molecule has 0 spiro atoms. The maximum Gasteiger partial charge on any atom is 0.143 e. The van der Waals surface area contributed by atoms with Crippen molar-refractivity contribution in [3.05, 3.63) is 78.3 Å². The van der Waals surface area contributed by atoms with E-state index in [-0.39, 0.29) is 12.2 Å². The number of nitrogens with zero attached hydrogens (tertiary/aromatic N) is 4. The summed E-state index contributed by atoms with van der Waals surface area (Å²) in [5.74, 6) is -0.565. The molecule has 1 aliphatic rings. The average Bonchev–Trinajstić information content (AvgIpc) is 3.24. The highest BCUT2D eigenvalue weighted by atomic mass is 19.1. The highest BCUT2D eigenvalue weighted by Gasteiger charge is 2.26. The minimum Gasteiger partial charge on any atom is -0.489 e. The monoisotopic (exact) mass is 419 g/mol. The number of rotatable bonds is 4. The molecule has 8 heteroatoms. The van der Waals surface area contributed by atoms with E-state index < -0.39 is 17.7 Å². The highest BCUT2D eigenvalue weighted by molar-refractivity contribution is 5.72. The zero-order chi connectivity index (χ0) is 21.4. The van der Waals surface area contributed by atoms with Crippen LogP contribution in [-0.4, -0.2) is 26.4 Å². The van der Waals surface area contributed by atoms with Crippen molar-refractivity contribution in [2.24, 2.45) is 0 Å². The molecule has 3 heterocycles. The van der Waals surface area contributed by atoms with Crippen LogP contribution in [0.3, 0.4) is 0 Å². The number of fused-ring (bicyclic) bond motifs is 1. The van der Waals surface area contributed by atoms with Crippen LogP contribution in [0.25, 0.3) is 22.6 Å². The summed E-state index contributed by atoms with van der Waals surface area (Å²) in [4.78, 5) is 8.43. The molecule has 1 unspecified atom stereocenters. The molecule has 0 saturated heterocycles. The van der Waals surface area contributed by atoms with Gasteiger partial charge in [-0.2, -0.15) is 5.10 Å². The smallest absolute Gasteiger partial charge is 0.143 e. The lowest BCUT2D eigenvalue weighted by Crippen LogP contribution is -2.25. The number of hydrogen-bond donors (Lipinski definition) is 1. The summed E-state index contributed by atoms with van der Waals surface area (Å²) >= 11 is 0. The lowest BCUT2D eigenvalue weighted by Gasteiger charge is -2.28. The van der Waals surface area contributed by atoms with Gasteiger partial charge < -0.3 is 10.1 Å². The molecule has 4 aromatic rings. The van der Waals surface area contributed by atoms with Crippen LogP contribution in [0, 0.1) is 11.6 Å². The first-order chi connectivity index (χ1) is 15.1. The quantitative estimate of drug-likeness (QED) is 0.512. The Bertz CT molecular complexity index is 1220. The predicted octanol–water partition coefficient (Wildman–Crippen LogP) is 4.85. The lowest BCUT2D eigenvalue weighted by atomic mass is 10.0. The standard InChI is InChI=1S/C23H19F2N5O/c1-2-30-21(11-18(29-30)19-12-26-8-9-27-19)14-6-7-17-22(10-14)31-13-20(28-17)23-15(24)4-3-5-16(23)25/h3-12,20,28H,2,13H2,1H3. The van der Waals surface area contributed by atoms with Crippen LogP contribution in [0.2, 0.25) is 0 Å². The molecule has 5 rings (SSSR count). The molecule has 1 N–H and O–H groups in total. The molecule has 0 aliphatic carbocycles. The van der Waals surface area contributed by atoms with Gasteiger partial charge in [-0.05, 0) is 37.3 Å². The molecule has 2 aromatic heterocycles. The fourth-order valence-corrected chi connectivity index (χ4v) is 3.77. The van der Waals surface area contributed by atoms with Crippen molar-refractivity contribution in [3.8, 4) is 28.4 Å². The van der Waals surface area contributed by atoms with E-state index >= 15 is 0 Å². The highest BCUT2D eigenvalue weighted by Crippen LogP contribution is 2.38. The summed E-state index contributed by atoms with van der Waals surface area (Å²) in [7, 11) is 0. The van der Waals surface area contributed by atoms with Gasteiger partial charge in [0.25, 0.3) is 0 Å². The van der Waals surface area contributed by atoms with E-state index in [1.54, 1.807) is 18.6 Å². The summed E-state index contributed by atoms with van der Waals surface area (Å²) < 4.78 is 36.1. The number of anilines is 1. The summed E-state index contributed by atoms with van der Waals surface area (Å²) in [6, 6.07) is 10.9. The Morgan fingerprint density at radius 2 is 1.94 bits per heavy atom. The third-order valence-electron chi connectivity index (χ3n) is 5.27. The Balaban J connectivity index is 1.47. The Morgan fingerprint density at radius 1 is 1.10 bits per heavy atom. The Kier molecular flexibility index (Phi) is 4.82. The van der Waals surface area contributed by atoms with Crippen molar-refractivity contribution in [1.29, 1.82) is 0 Å². The Morgan fingerprint density at radius 3 is 2.68 bits per heavy atom. The first-order valence-corrected chi connectivity index (χ1v) is 9.96. The van der Waals surface area contributed by atoms with Gasteiger partial charge in [0.05, 0.1) is 23.6 Å². The van der Waals surface area contributed by atoms with Gasteiger partial charge in [-0.15, -0.1) is 0 Å². The maximum absolute atomic E-state index is 14.2. The maximum atomic E-state index is 14.2. The number of ether oxygens (including phenoxy) is 1. The van der Waals surface area contributed by atoms with Gasteiger partial charge in [0, 0.05) is 30.1 Å². The topological polar surface area (TPSA) is 64.9 Å². The fraction of sp³-hybridized carbons (Fsp3) is 0.174. The van der Waals surface area contributed by atoms with E-state index in [1.807, 2.05) is 35.9 Å². The van der Waals surface area contributed by atoms with Crippen LogP contribution in [-0.2, 0) is 6.54 Å². The first-order valence-electron chi connectivity index (χ1n) is 9.96. The molecule has 1 aliphatic heterocycles. The van der Waals surface area contributed by atoms with Gasteiger partial charge in [0.15, 0.2) is 0 Å². The largest absolute Gasteiger partial charge is 0.489 e. The zero-order valence-corrected chi connectivity index (χ0v) is 16.7. The van der Waals surface area contributed by atoms with E-state index in [1.165, 1.54) is 18.2 Å². The number of benzene rings is 2. The Hall–Kier alpha value is -3.81. The minimum absolute atomic E-state index is 0.0186. The molecule has 0 bridgehead atoms. The molecule has 0 radical (unpaired) electrons. The average molecular weight is 419 g/mol.